The van der Waals surface area contributed by atoms with Crippen molar-refractivity contribution in [3.63, 3.8) is 0 Å². The van der Waals surface area contributed by atoms with Crippen molar-refractivity contribution in [3.8, 4) is 23.1 Å². The third-order valence-electron chi connectivity index (χ3n) is 1.26. The molecule has 2 aliphatic heterocycles. The molecule has 0 spiro atoms. The number of fused-ring (bicyclic) bond motifs is 1. The minimum atomic E-state index is -0.294. The fraction of sp³-hybridized carbons (Fsp3) is 0. The van der Waals surface area contributed by atoms with Gasteiger partial charge in [0, 0.05) is 0 Å². The molecule has 0 saturated carbocycles. The summed E-state index contributed by atoms with van der Waals surface area (Å²) in [7, 11) is 0. The Bertz CT molecular complexity index is 357. The number of hydrogen-bond donors (Lipinski definition) is 1. The predicted octanol–water partition coefficient (Wildman–Crippen LogP) is -0.0464. The Hall–Kier alpha value is -1.78. The van der Waals surface area contributed by atoms with Crippen LogP contribution in [0.5, 0.6) is 11.6 Å². The van der Waals surface area contributed by atoms with Gasteiger partial charge in [0.05, 0.1) is 6.26 Å². The molecule has 2 rings (SSSR count). The summed E-state index contributed by atoms with van der Waals surface area (Å²) in [6, 6.07) is 1.24. The molecule has 5 heteroatoms. The maximum Gasteiger partial charge on any atom is 0.276 e. The van der Waals surface area contributed by atoms with Gasteiger partial charge in [-0.25, -0.2) is 0 Å². The van der Waals surface area contributed by atoms with Gasteiger partial charge in [-0.3, -0.25) is 0 Å². The van der Waals surface area contributed by atoms with Gasteiger partial charge < -0.3 is 14.6 Å². The van der Waals surface area contributed by atoms with Crippen molar-refractivity contribution in [2.24, 2.45) is 0 Å². The van der Waals surface area contributed by atoms with E-state index in [9.17, 15) is 5.11 Å². The molecule has 2 aliphatic rings. The molecule has 0 fully saturated rings. The molecule has 1 N–H and O–H groups in total. The third-order valence-corrected chi connectivity index (χ3v) is 1.26. The molecule has 0 aromatic carbocycles. The predicted molar refractivity (Wildman–Crippen MR) is 32.0 cm³/mol. The molecule has 0 aliphatic carbocycles. The monoisotopic (exact) mass is 151 g/mol. The second-order valence-electron chi connectivity index (χ2n) is 2.02. The van der Waals surface area contributed by atoms with Crippen molar-refractivity contribution in [2.75, 3.05) is 0 Å². The lowest BCUT2D eigenvalue weighted by molar-refractivity contribution is -0.270. The van der Waals surface area contributed by atoms with Gasteiger partial charge in [-0.15, -0.1) is 10.2 Å². The van der Waals surface area contributed by atoms with E-state index in [4.69, 9.17) is 9.52 Å². The molecule has 0 bridgehead atoms. The molecule has 56 valence electrons. The molecule has 0 atom stereocenters. The average Bonchev–Trinajstić information content (AvgIpc) is 2.32. The normalized spacial score (nSPS) is 10.5. The maximum absolute atomic E-state index is 10.6. The Kier molecular flexibility index (Phi) is 1.00. The van der Waals surface area contributed by atoms with E-state index in [2.05, 4.69) is 10.2 Å². The molecule has 0 unspecified atom stereocenters. The summed E-state index contributed by atoms with van der Waals surface area (Å²) < 4.78 is 4.73. The molecule has 0 aromatic rings. The Morgan fingerprint density at radius 2 is 2.27 bits per heavy atom. The highest BCUT2D eigenvalue weighted by Gasteiger charge is 2.13. The molecule has 0 saturated heterocycles. The van der Waals surface area contributed by atoms with E-state index in [0.29, 0.717) is 0 Å². The number of hydrogen-bond acceptors (Lipinski definition) is 5. The SMILES string of the molecule is [O-]c1coc2c(O)nnc-2c1. The minimum Gasteiger partial charge on any atom is -0.870 e. The van der Waals surface area contributed by atoms with E-state index >= 15 is 0 Å². The van der Waals surface area contributed by atoms with Crippen LogP contribution in [-0.2, 0) is 0 Å². The van der Waals surface area contributed by atoms with Crippen molar-refractivity contribution in [3.05, 3.63) is 12.3 Å². The summed E-state index contributed by atoms with van der Waals surface area (Å²) in [5.41, 5.74) is 0.273. The smallest absolute Gasteiger partial charge is 0.276 e. The molecular weight excluding hydrogens is 148 g/mol. The van der Waals surface area contributed by atoms with Crippen molar-refractivity contribution in [2.45, 2.75) is 0 Å². The van der Waals surface area contributed by atoms with E-state index in [1.54, 1.807) is 0 Å². The van der Waals surface area contributed by atoms with Gasteiger partial charge in [0.1, 0.15) is 5.69 Å². The first-order valence-electron chi connectivity index (χ1n) is 2.88. The summed E-state index contributed by atoms with van der Waals surface area (Å²) in [5.74, 6) is -0.443. The number of aromatic hydroxyl groups is 1. The van der Waals surface area contributed by atoms with Crippen molar-refractivity contribution >= 4 is 0 Å². The van der Waals surface area contributed by atoms with Crippen LogP contribution in [0.3, 0.4) is 0 Å². The van der Waals surface area contributed by atoms with Gasteiger partial charge >= 0.3 is 0 Å². The zero-order chi connectivity index (χ0) is 7.84. The van der Waals surface area contributed by atoms with Crippen LogP contribution in [0, 0.1) is 0 Å². The first-order chi connectivity index (χ1) is 5.27. The fourth-order valence-corrected chi connectivity index (χ4v) is 0.800. The van der Waals surface area contributed by atoms with Crippen molar-refractivity contribution < 1.29 is 14.6 Å². The molecule has 0 radical (unpaired) electrons. The average molecular weight is 151 g/mol. The van der Waals surface area contributed by atoms with Crippen LogP contribution in [0.1, 0.15) is 0 Å². The summed E-state index contributed by atoms with van der Waals surface area (Å²) in [4.78, 5) is 0. The van der Waals surface area contributed by atoms with Crippen LogP contribution in [0.4, 0.5) is 0 Å². The van der Waals surface area contributed by atoms with Crippen LogP contribution in [0.25, 0.3) is 11.5 Å². The topological polar surface area (TPSA) is 82.2 Å². The first kappa shape index (κ1) is 5.96. The number of rotatable bonds is 0. The molecule has 11 heavy (non-hydrogen) atoms. The highest BCUT2D eigenvalue weighted by molar-refractivity contribution is 5.59. The molecule has 0 aromatic heterocycles. The van der Waals surface area contributed by atoms with E-state index in [1.165, 1.54) is 6.07 Å². The fourth-order valence-electron chi connectivity index (χ4n) is 0.800. The van der Waals surface area contributed by atoms with E-state index < -0.39 is 0 Å². The number of nitrogens with zero attached hydrogens (tertiary/aromatic N) is 2. The lowest BCUT2D eigenvalue weighted by atomic mass is 10.3. The van der Waals surface area contributed by atoms with Crippen LogP contribution in [0.2, 0.25) is 0 Å². The van der Waals surface area contributed by atoms with Gasteiger partial charge in [0.2, 0.25) is 5.76 Å². The minimum absolute atomic E-state index is 0.143. The van der Waals surface area contributed by atoms with Crippen LogP contribution >= 0.6 is 0 Å². The summed E-state index contributed by atoms with van der Waals surface area (Å²) in [5, 5.41) is 26.4. The molecule has 0 amide bonds. The Labute approximate surface area is 61.3 Å². The number of aromatic nitrogens is 2. The maximum atomic E-state index is 10.6. The molecular formula is C6H3N2O3-. The van der Waals surface area contributed by atoms with E-state index in [-0.39, 0.29) is 23.1 Å². The first-order valence-corrected chi connectivity index (χ1v) is 2.88. The lowest BCUT2D eigenvalue weighted by Gasteiger charge is -2.03. The summed E-state index contributed by atoms with van der Waals surface area (Å²) in [6.45, 7) is 0. The Morgan fingerprint density at radius 1 is 1.45 bits per heavy atom. The van der Waals surface area contributed by atoms with E-state index in [1.807, 2.05) is 0 Å². The van der Waals surface area contributed by atoms with Crippen LogP contribution in [0.15, 0.2) is 16.7 Å². The van der Waals surface area contributed by atoms with Gasteiger partial charge in [0.15, 0.2) is 0 Å². The highest BCUT2D eigenvalue weighted by atomic mass is 16.4. The zero-order valence-corrected chi connectivity index (χ0v) is 5.31. The van der Waals surface area contributed by atoms with Crippen molar-refractivity contribution in [1.29, 1.82) is 0 Å². The second-order valence-corrected chi connectivity index (χ2v) is 2.02. The van der Waals surface area contributed by atoms with Gasteiger partial charge in [-0.05, 0) is 6.07 Å². The second kappa shape index (κ2) is 1.85. The van der Waals surface area contributed by atoms with Gasteiger partial charge in [-0.1, -0.05) is 5.75 Å². The Morgan fingerprint density at radius 3 is 3.09 bits per heavy atom. The lowest BCUT2D eigenvalue weighted by Crippen LogP contribution is -1.89. The highest BCUT2D eigenvalue weighted by Crippen LogP contribution is 2.29. The zero-order valence-electron chi connectivity index (χ0n) is 5.31. The summed E-state index contributed by atoms with van der Waals surface area (Å²) in [6.07, 6.45) is 0.991. The summed E-state index contributed by atoms with van der Waals surface area (Å²) >= 11 is 0. The molecule has 5 nitrogen and oxygen atoms in total. The largest absolute Gasteiger partial charge is 0.870 e. The van der Waals surface area contributed by atoms with E-state index in [0.717, 1.165) is 6.26 Å². The van der Waals surface area contributed by atoms with Crippen molar-refractivity contribution in [1.82, 2.24) is 10.2 Å². The van der Waals surface area contributed by atoms with Gasteiger partial charge in [-0.2, -0.15) is 0 Å². The van der Waals surface area contributed by atoms with Gasteiger partial charge in [0.25, 0.3) is 5.88 Å². The quantitative estimate of drug-likeness (QED) is 0.570. The Balaban J connectivity index is 2.74. The standard InChI is InChI=1S/C6H4N2O3/c9-3-1-4-5(11-2-3)6(10)8-7-4/h1-2,9-10H/p-1. The van der Waals surface area contributed by atoms with Crippen LogP contribution < -0.4 is 5.11 Å². The van der Waals surface area contributed by atoms with Crippen LogP contribution in [-0.4, -0.2) is 15.3 Å². The third kappa shape index (κ3) is 0.778. The molecule has 2 heterocycles.